The van der Waals surface area contributed by atoms with Gasteiger partial charge >= 0.3 is 27.3 Å². The van der Waals surface area contributed by atoms with Gasteiger partial charge in [0.05, 0.1) is 6.61 Å². The molecule has 10 heteroatoms. The van der Waals surface area contributed by atoms with Crippen LogP contribution in [0.5, 0.6) is 0 Å². The molecular formula is C12H12F2O7S. The molecule has 0 radical (unpaired) electrons. The van der Waals surface area contributed by atoms with Crippen molar-refractivity contribution in [3.05, 3.63) is 35.9 Å². The summed E-state index contributed by atoms with van der Waals surface area (Å²) in [6, 6.07) is 8.90. The van der Waals surface area contributed by atoms with Crippen LogP contribution < -0.4 is 0 Å². The molecule has 0 saturated heterocycles. The number of hydrogen-bond acceptors (Lipinski definition) is 6. The Morgan fingerprint density at radius 3 is 2.27 bits per heavy atom. The van der Waals surface area contributed by atoms with E-state index in [0.29, 0.717) is 6.42 Å². The average Bonchev–Trinajstić information content (AvgIpc) is 2.44. The number of halogens is 2. The summed E-state index contributed by atoms with van der Waals surface area (Å²) in [4.78, 5) is 22.0. The molecule has 0 aliphatic rings. The fourth-order valence-corrected chi connectivity index (χ4v) is 1.55. The summed E-state index contributed by atoms with van der Waals surface area (Å²) < 4.78 is 62.7. The standard InChI is InChI=1S/C12H12F2O7S/c13-12(14,22(17,18)19)11(16)21-8-10(15)20-7-6-9-4-2-1-3-5-9/h1-5H,6-8H2,(H,17,18,19). The predicted molar refractivity (Wildman–Crippen MR) is 68.6 cm³/mol. The molecule has 22 heavy (non-hydrogen) atoms. The van der Waals surface area contributed by atoms with Gasteiger partial charge in [-0.25, -0.2) is 9.59 Å². The smallest absolute Gasteiger partial charge is 0.463 e. The Hall–Kier alpha value is -2.07. The number of esters is 2. The zero-order valence-corrected chi connectivity index (χ0v) is 11.9. The van der Waals surface area contributed by atoms with E-state index in [-0.39, 0.29) is 6.61 Å². The van der Waals surface area contributed by atoms with Gasteiger partial charge in [-0.05, 0) is 5.56 Å². The molecule has 0 bridgehead atoms. The van der Waals surface area contributed by atoms with Gasteiger partial charge in [0.1, 0.15) is 0 Å². The second kappa shape index (κ2) is 7.27. The number of rotatable bonds is 7. The Morgan fingerprint density at radius 1 is 1.14 bits per heavy atom. The Labute approximate surface area is 124 Å². The molecule has 0 saturated carbocycles. The van der Waals surface area contributed by atoms with Crippen LogP contribution in [0.4, 0.5) is 8.78 Å². The first-order valence-corrected chi connectivity index (χ1v) is 7.30. The molecule has 1 aromatic carbocycles. The Bertz CT molecular complexity index is 628. The number of carbonyl (C=O) groups is 2. The molecule has 0 aliphatic carbocycles. The number of alkyl halides is 2. The maximum atomic E-state index is 12.8. The fourth-order valence-electron chi connectivity index (χ4n) is 1.28. The van der Waals surface area contributed by atoms with Gasteiger partial charge in [-0.1, -0.05) is 30.3 Å². The molecule has 122 valence electrons. The van der Waals surface area contributed by atoms with E-state index in [1.165, 1.54) is 0 Å². The van der Waals surface area contributed by atoms with Crippen molar-refractivity contribution in [2.45, 2.75) is 11.7 Å². The summed E-state index contributed by atoms with van der Waals surface area (Å²) in [5.41, 5.74) is 0.866. The van der Waals surface area contributed by atoms with Crippen LogP contribution in [0.25, 0.3) is 0 Å². The molecule has 0 fully saturated rings. The first-order chi connectivity index (χ1) is 10.1. The molecule has 1 N–H and O–H groups in total. The Morgan fingerprint density at radius 2 is 1.73 bits per heavy atom. The van der Waals surface area contributed by atoms with Crippen molar-refractivity contribution in [2.75, 3.05) is 13.2 Å². The van der Waals surface area contributed by atoms with Crippen LogP contribution in [0.2, 0.25) is 0 Å². The van der Waals surface area contributed by atoms with Gasteiger partial charge < -0.3 is 9.47 Å². The van der Waals surface area contributed by atoms with Crippen molar-refractivity contribution < 1.29 is 40.8 Å². The van der Waals surface area contributed by atoms with E-state index in [0.717, 1.165) is 5.56 Å². The van der Waals surface area contributed by atoms with Crippen molar-refractivity contribution >= 4 is 22.1 Å². The zero-order valence-electron chi connectivity index (χ0n) is 11.1. The number of ether oxygens (including phenoxy) is 2. The van der Waals surface area contributed by atoms with Crippen LogP contribution in [0.1, 0.15) is 5.56 Å². The predicted octanol–water partition coefficient (Wildman–Crippen LogP) is 0.796. The van der Waals surface area contributed by atoms with Crippen LogP contribution >= 0.6 is 0 Å². The van der Waals surface area contributed by atoms with Gasteiger partial charge in [0.25, 0.3) is 0 Å². The van der Waals surface area contributed by atoms with E-state index in [4.69, 9.17) is 4.55 Å². The third-order valence-electron chi connectivity index (χ3n) is 2.38. The highest BCUT2D eigenvalue weighted by Gasteiger charge is 2.54. The Balaban J connectivity index is 2.36. The lowest BCUT2D eigenvalue weighted by atomic mass is 10.2. The molecular weight excluding hydrogens is 326 g/mol. The van der Waals surface area contributed by atoms with Gasteiger partial charge in [0.2, 0.25) is 0 Å². The van der Waals surface area contributed by atoms with Crippen molar-refractivity contribution in [1.82, 2.24) is 0 Å². The molecule has 0 heterocycles. The second-order valence-corrected chi connectivity index (χ2v) is 5.49. The molecule has 0 aliphatic heterocycles. The summed E-state index contributed by atoms with van der Waals surface area (Å²) in [5.74, 6) is -3.69. The monoisotopic (exact) mass is 338 g/mol. The number of hydrogen-bond donors (Lipinski definition) is 1. The number of benzene rings is 1. The lowest BCUT2D eigenvalue weighted by Gasteiger charge is -2.11. The second-order valence-electron chi connectivity index (χ2n) is 4.02. The first kappa shape index (κ1) is 18.0. The van der Waals surface area contributed by atoms with E-state index in [1.54, 1.807) is 30.3 Å². The summed E-state index contributed by atoms with van der Waals surface area (Å²) >= 11 is 0. The minimum Gasteiger partial charge on any atom is -0.463 e. The first-order valence-electron chi connectivity index (χ1n) is 5.86. The van der Waals surface area contributed by atoms with E-state index < -0.39 is 33.9 Å². The van der Waals surface area contributed by atoms with Crippen LogP contribution in [-0.4, -0.2) is 43.4 Å². The summed E-state index contributed by atoms with van der Waals surface area (Å²) in [6.07, 6.45) is 0.363. The highest BCUT2D eigenvalue weighted by Crippen LogP contribution is 2.21. The minimum atomic E-state index is -5.96. The molecule has 0 amide bonds. The van der Waals surface area contributed by atoms with Crippen molar-refractivity contribution in [1.29, 1.82) is 0 Å². The highest BCUT2D eigenvalue weighted by molar-refractivity contribution is 7.87. The van der Waals surface area contributed by atoms with Crippen LogP contribution in [0, 0.1) is 0 Å². The summed E-state index contributed by atoms with van der Waals surface area (Å²) in [5, 5.41) is -5.14. The van der Waals surface area contributed by atoms with Crippen molar-refractivity contribution in [3.63, 3.8) is 0 Å². The van der Waals surface area contributed by atoms with Crippen LogP contribution in [0.3, 0.4) is 0 Å². The molecule has 7 nitrogen and oxygen atoms in total. The van der Waals surface area contributed by atoms with Crippen molar-refractivity contribution in [3.8, 4) is 0 Å². The van der Waals surface area contributed by atoms with E-state index in [9.17, 15) is 26.8 Å². The third-order valence-corrected chi connectivity index (χ3v) is 3.19. The van der Waals surface area contributed by atoms with Gasteiger partial charge in [-0.3, -0.25) is 4.55 Å². The molecule has 0 unspecified atom stereocenters. The van der Waals surface area contributed by atoms with E-state index in [1.807, 2.05) is 0 Å². The van der Waals surface area contributed by atoms with E-state index >= 15 is 0 Å². The minimum absolute atomic E-state index is 0.0743. The molecule has 0 aromatic heterocycles. The highest BCUT2D eigenvalue weighted by atomic mass is 32.2. The lowest BCUT2D eigenvalue weighted by molar-refractivity contribution is -0.169. The van der Waals surface area contributed by atoms with Gasteiger partial charge in [0.15, 0.2) is 6.61 Å². The molecule has 0 atom stereocenters. The normalized spacial score (nSPS) is 11.8. The maximum Gasteiger partial charge on any atom is 0.465 e. The third kappa shape index (κ3) is 5.04. The average molecular weight is 338 g/mol. The van der Waals surface area contributed by atoms with E-state index in [2.05, 4.69) is 9.47 Å². The summed E-state index contributed by atoms with van der Waals surface area (Å²) in [7, 11) is -5.96. The SMILES string of the molecule is O=C(COC(=O)C(F)(F)S(=O)(=O)O)OCCc1ccccc1. The van der Waals surface area contributed by atoms with Gasteiger partial charge in [-0.2, -0.15) is 17.2 Å². The topological polar surface area (TPSA) is 107 Å². The summed E-state index contributed by atoms with van der Waals surface area (Å²) in [6.45, 7) is -1.27. The molecule has 1 aromatic rings. The fraction of sp³-hybridized carbons (Fsp3) is 0.333. The maximum absolute atomic E-state index is 12.8. The van der Waals surface area contributed by atoms with Gasteiger partial charge in [-0.15, -0.1) is 0 Å². The molecule has 1 rings (SSSR count). The largest absolute Gasteiger partial charge is 0.465 e. The van der Waals surface area contributed by atoms with Gasteiger partial charge in [0, 0.05) is 6.42 Å². The van der Waals surface area contributed by atoms with Crippen LogP contribution in [0.15, 0.2) is 30.3 Å². The molecule has 0 spiro atoms. The van der Waals surface area contributed by atoms with Crippen molar-refractivity contribution in [2.24, 2.45) is 0 Å². The van der Waals surface area contributed by atoms with Crippen LogP contribution in [-0.2, 0) is 35.6 Å². The quantitative estimate of drug-likeness (QED) is 0.579. The zero-order chi connectivity index (χ0) is 16.8. The lowest BCUT2D eigenvalue weighted by Crippen LogP contribution is -2.39. The number of carbonyl (C=O) groups excluding carboxylic acids is 2. The Kier molecular flexibility index (Phi) is 5.94.